The van der Waals surface area contributed by atoms with Gasteiger partial charge in [-0.1, -0.05) is 15.9 Å². The lowest BCUT2D eigenvalue weighted by Crippen LogP contribution is -2.30. The minimum absolute atomic E-state index is 0.291. The third-order valence-electron chi connectivity index (χ3n) is 2.60. The molecular formula is C13H13BrN2O2S. The number of nitrogens with one attached hydrogen (secondary N) is 1. The number of ether oxygens (including phenoxy) is 1. The first-order valence-corrected chi connectivity index (χ1v) is 7.25. The predicted octanol–water partition coefficient (Wildman–Crippen LogP) is 3.00. The van der Waals surface area contributed by atoms with Crippen LogP contribution in [0.3, 0.4) is 0 Å². The quantitative estimate of drug-likeness (QED) is 0.510. The second kappa shape index (κ2) is 6.18. The number of nitrogens with two attached hydrogens (primary N) is 1. The maximum Gasteiger partial charge on any atom is 0.275 e. The third kappa shape index (κ3) is 3.34. The van der Waals surface area contributed by atoms with Crippen LogP contribution in [0.25, 0.3) is 0 Å². The monoisotopic (exact) mass is 340 g/mol. The Labute approximate surface area is 123 Å². The molecule has 0 saturated carbocycles. The van der Waals surface area contributed by atoms with E-state index in [-0.39, 0.29) is 5.91 Å². The number of carbonyl (C=O) groups is 1. The molecule has 1 heterocycles. The highest BCUT2D eigenvalue weighted by Gasteiger charge is 2.12. The normalized spacial score (nSPS) is 10.3. The van der Waals surface area contributed by atoms with Crippen molar-refractivity contribution in [1.82, 2.24) is 5.43 Å². The van der Waals surface area contributed by atoms with Gasteiger partial charge in [-0.05, 0) is 42.1 Å². The Bertz CT molecular complexity index is 598. The van der Waals surface area contributed by atoms with Crippen molar-refractivity contribution < 1.29 is 9.53 Å². The number of hydrogen-bond donors (Lipinski definition) is 2. The Morgan fingerprint density at radius 3 is 2.95 bits per heavy atom. The average Bonchev–Trinajstić information content (AvgIpc) is 2.85. The van der Waals surface area contributed by atoms with Gasteiger partial charge in [0.05, 0.1) is 4.88 Å². The van der Waals surface area contributed by atoms with Crippen LogP contribution in [-0.2, 0) is 6.61 Å². The molecule has 2 rings (SSSR count). The molecule has 0 fully saturated rings. The van der Waals surface area contributed by atoms with Gasteiger partial charge in [0.1, 0.15) is 12.4 Å². The summed E-state index contributed by atoms with van der Waals surface area (Å²) in [5.41, 5.74) is 4.00. The summed E-state index contributed by atoms with van der Waals surface area (Å²) >= 11 is 4.75. The molecule has 0 aliphatic heterocycles. The Balaban J connectivity index is 2.10. The van der Waals surface area contributed by atoms with E-state index in [4.69, 9.17) is 10.6 Å². The minimum Gasteiger partial charge on any atom is -0.489 e. The molecule has 1 amide bonds. The molecule has 0 saturated heterocycles. The van der Waals surface area contributed by atoms with Gasteiger partial charge in [-0.3, -0.25) is 10.2 Å². The van der Waals surface area contributed by atoms with Crippen molar-refractivity contribution >= 4 is 33.2 Å². The van der Waals surface area contributed by atoms with E-state index in [0.29, 0.717) is 11.5 Å². The minimum atomic E-state index is -0.291. The van der Waals surface area contributed by atoms with Gasteiger partial charge in [0.2, 0.25) is 0 Å². The number of nitrogen functional groups attached to an aromatic ring is 1. The molecule has 1 aromatic heterocycles. The maximum absolute atomic E-state index is 11.5. The summed E-state index contributed by atoms with van der Waals surface area (Å²) in [6.45, 7) is 2.32. The van der Waals surface area contributed by atoms with Crippen LogP contribution in [-0.4, -0.2) is 5.91 Å². The third-order valence-corrected chi connectivity index (χ3v) is 4.05. The lowest BCUT2D eigenvalue weighted by molar-refractivity contribution is 0.0955. The fourth-order valence-electron chi connectivity index (χ4n) is 1.64. The lowest BCUT2D eigenvalue weighted by atomic mass is 10.2. The van der Waals surface area contributed by atoms with E-state index in [1.165, 1.54) is 11.3 Å². The fraction of sp³-hybridized carbons (Fsp3) is 0.154. The highest BCUT2D eigenvalue weighted by atomic mass is 79.9. The Hall–Kier alpha value is -1.37. The van der Waals surface area contributed by atoms with Crippen molar-refractivity contribution in [3.63, 3.8) is 0 Å². The number of aryl methyl sites for hydroxylation is 1. The van der Waals surface area contributed by atoms with Crippen LogP contribution < -0.4 is 16.0 Å². The number of rotatable bonds is 4. The van der Waals surface area contributed by atoms with Gasteiger partial charge >= 0.3 is 0 Å². The number of thiophene rings is 1. The molecule has 0 radical (unpaired) electrons. The zero-order valence-corrected chi connectivity index (χ0v) is 12.7. The topological polar surface area (TPSA) is 64.3 Å². The number of benzene rings is 1. The molecule has 19 heavy (non-hydrogen) atoms. The summed E-state index contributed by atoms with van der Waals surface area (Å²) in [6, 6.07) is 7.66. The number of hydrogen-bond acceptors (Lipinski definition) is 4. The number of halogens is 1. The van der Waals surface area contributed by atoms with Gasteiger partial charge in [0, 0.05) is 10.0 Å². The Morgan fingerprint density at radius 2 is 2.26 bits per heavy atom. The van der Waals surface area contributed by atoms with Crippen LogP contribution in [0, 0.1) is 6.92 Å². The Kier molecular flexibility index (Phi) is 4.57. The van der Waals surface area contributed by atoms with Crippen molar-refractivity contribution in [2.45, 2.75) is 13.5 Å². The van der Waals surface area contributed by atoms with E-state index in [1.54, 1.807) is 0 Å². The molecule has 0 aliphatic carbocycles. The summed E-state index contributed by atoms with van der Waals surface area (Å²) in [5.74, 6) is 5.65. The van der Waals surface area contributed by atoms with Gasteiger partial charge in [0.15, 0.2) is 0 Å². The van der Waals surface area contributed by atoms with Crippen LogP contribution in [0.1, 0.15) is 20.8 Å². The first-order chi connectivity index (χ1) is 9.11. The van der Waals surface area contributed by atoms with Crippen molar-refractivity contribution in [1.29, 1.82) is 0 Å². The molecule has 2 aromatic rings. The number of carbonyl (C=O) groups excluding carboxylic acids is 1. The van der Waals surface area contributed by atoms with E-state index in [0.717, 1.165) is 21.3 Å². The van der Waals surface area contributed by atoms with Crippen LogP contribution in [0.2, 0.25) is 0 Å². The molecule has 0 atom stereocenters. The first-order valence-electron chi connectivity index (χ1n) is 5.58. The van der Waals surface area contributed by atoms with Crippen LogP contribution in [0.5, 0.6) is 5.75 Å². The van der Waals surface area contributed by atoms with Crippen LogP contribution in [0.4, 0.5) is 0 Å². The lowest BCUT2D eigenvalue weighted by Gasteiger charge is -2.09. The highest BCUT2D eigenvalue weighted by molar-refractivity contribution is 9.10. The predicted molar refractivity (Wildman–Crippen MR) is 79.2 cm³/mol. The summed E-state index contributed by atoms with van der Waals surface area (Å²) in [5, 5.41) is 1.84. The standard InChI is InChI=1S/C13H13BrN2O2S/c1-8-6-10(14)2-3-11(8)18-7-9-4-5-19-12(9)13(17)16-15/h2-6H,7,15H2,1H3,(H,16,17). The first kappa shape index (κ1) is 14.0. The van der Waals surface area contributed by atoms with Gasteiger partial charge in [-0.2, -0.15) is 0 Å². The van der Waals surface area contributed by atoms with E-state index in [2.05, 4.69) is 21.4 Å². The largest absolute Gasteiger partial charge is 0.489 e. The molecule has 6 heteroatoms. The van der Waals surface area contributed by atoms with Gasteiger partial charge in [0.25, 0.3) is 5.91 Å². The zero-order valence-electron chi connectivity index (χ0n) is 10.3. The van der Waals surface area contributed by atoms with Crippen LogP contribution in [0.15, 0.2) is 34.1 Å². The van der Waals surface area contributed by atoms with Crippen LogP contribution >= 0.6 is 27.3 Å². The van der Waals surface area contributed by atoms with E-state index < -0.39 is 0 Å². The fourth-order valence-corrected chi connectivity index (χ4v) is 2.93. The van der Waals surface area contributed by atoms with Crippen molar-refractivity contribution in [3.05, 3.63) is 50.1 Å². The molecule has 0 spiro atoms. The number of hydrazine groups is 1. The summed E-state index contributed by atoms with van der Waals surface area (Å²) < 4.78 is 6.75. The van der Waals surface area contributed by atoms with E-state index >= 15 is 0 Å². The van der Waals surface area contributed by atoms with Crippen molar-refractivity contribution in [2.75, 3.05) is 0 Å². The smallest absolute Gasteiger partial charge is 0.275 e. The van der Waals surface area contributed by atoms with Crippen molar-refractivity contribution in [3.8, 4) is 5.75 Å². The van der Waals surface area contributed by atoms with Gasteiger partial charge in [-0.15, -0.1) is 11.3 Å². The van der Waals surface area contributed by atoms with Gasteiger partial charge < -0.3 is 4.74 Å². The second-order valence-corrected chi connectivity index (χ2v) is 5.78. The summed E-state index contributed by atoms with van der Waals surface area (Å²) in [6.07, 6.45) is 0. The highest BCUT2D eigenvalue weighted by Crippen LogP contribution is 2.24. The average molecular weight is 341 g/mol. The summed E-state index contributed by atoms with van der Waals surface area (Å²) in [4.78, 5) is 12.1. The summed E-state index contributed by atoms with van der Waals surface area (Å²) in [7, 11) is 0. The molecule has 0 aliphatic rings. The second-order valence-electron chi connectivity index (χ2n) is 3.95. The Morgan fingerprint density at radius 1 is 1.47 bits per heavy atom. The molecule has 1 aromatic carbocycles. The van der Waals surface area contributed by atoms with Crippen molar-refractivity contribution in [2.24, 2.45) is 5.84 Å². The molecule has 0 bridgehead atoms. The SMILES string of the molecule is Cc1cc(Br)ccc1OCc1ccsc1C(=O)NN. The van der Waals surface area contributed by atoms with E-state index in [1.807, 2.05) is 36.6 Å². The molecule has 4 nitrogen and oxygen atoms in total. The maximum atomic E-state index is 11.5. The zero-order chi connectivity index (χ0) is 13.8. The molecule has 0 unspecified atom stereocenters. The molecular weight excluding hydrogens is 328 g/mol. The van der Waals surface area contributed by atoms with E-state index in [9.17, 15) is 4.79 Å². The molecule has 100 valence electrons. The van der Waals surface area contributed by atoms with Gasteiger partial charge in [-0.25, -0.2) is 5.84 Å². The number of amides is 1. The molecule has 3 N–H and O–H groups in total.